The minimum Gasteiger partial charge on any atom is -0.496 e. The first-order chi connectivity index (χ1) is 12.5. The molecule has 0 bridgehead atoms. The molecule has 0 unspecified atom stereocenters. The average Bonchev–Trinajstić information content (AvgIpc) is 2.62. The molecular weight excluding hydrogens is 322 g/mol. The van der Waals surface area contributed by atoms with E-state index in [1.165, 1.54) is 12.0 Å². The van der Waals surface area contributed by atoms with Gasteiger partial charge in [0.1, 0.15) is 5.75 Å². The largest absolute Gasteiger partial charge is 0.496 e. The van der Waals surface area contributed by atoms with Gasteiger partial charge in [0.05, 0.1) is 12.5 Å². The monoisotopic (exact) mass is 351 g/mol. The number of carbonyl (C=O) groups excluding carboxylic acids is 1. The van der Waals surface area contributed by atoms with Crippen LogP contribution in [0.2, 0.25) is 0 Å². The Hall–Kier alpha value is -2.29. The molecule has 2 aromatic carbocycles. The van der Waals surface area contributed by atoms with Crippen LogP contribution in [0, 0.1) is 20.8 Å². The van der Waals surface area contributed by atoms with E-state index in [2.05, 4.69) is 36.5 Å². The number of hydrogen-bond acceptors (Lipinski definition) is 2. The summed E-state index contributed by atoms with van der Waals surface area (Å²) < 4.78 is 5.44. The molecule has 2 aromatic rings. The van der Waals surface area contributed by atoms with E-state index < -0.39 is 5.41 Å². The normalized spacial score (nSPS) is 16.2. The second-order valence-electron chi connectivity index (χ2n) is 7.61. The molecule has 0 radical (unpaired) electrons. The van der Waals surface area contributed by atoms with Crippen LogP contribution in [0.4, 0.5) is 5.69 Å². The zero-order chi connectivity index (χ0) is 18.7. The zero-order valence-electron chi connectivity index (χ0n) is 16.3. The van der Waals surface area contributed by atoms with Crippen LogP contribution < -0.4 is 10.1 Å². The Balaban J connectivity index is 1.93. The molecule has 1 amide bonds. The number of aryl methyl sites for hydroxylation is 3. The quantitative estimate of drug-likeness (QED) is 0.794. The summed E-state index contributed by atoms with van der Waals surface area (Å²) >= 11 is 0. The Bertz CT molecular complexity index is 763. The summed E-state index contributed by atoms with van der Waals surface area (Å²) in [6, 6.07) is 12.5. The summed E-state index contributed by atoms with van der Waals surface area (Å²) in [5, 5.41) is 3.20. The fourth-order valence-corrected chi connectivity index (χ4v) is 4.27. The highest BCUT2D eigenvalue weighted by Crippen LogP contribution is 2.41. The molecule has 0 saturated heterocycles. The van der Waals surface area contributed by atoms with E-state index in [9.17, 15) is 4.79 Å². The number of methoxy groups -OCH3 is 1. The summed E-state index contributed by atoms with van der Waals surface area (Å²) in [5.74, 6) is 0.999. The van der Waals surface area contributed by atoms with E-state index in [0.29, 0.717) is 0 Å². The van der Waals surface area contributed by atoms with Crippen LogP contribution in [-0.2, 0) is 10.2 Å². The van der Waals surface area contributed by atoms with Crippen LogP contribution in [0.15, 0.2) is 36.4 Å². The molecule has 1 N–H and O–H groups in total. The molecule has 138 valence electrons. The van der Waals surface area contributed by atoms with Crippen molar-refractivity contribution in [1.82, 2.24) is 0 Å². The second kappa shape index (κ2) is 7.53. The molecule has 1 fully saturated rings. The number of benzene rings is 2. The molecule has 0 atom stereocenters. The van der Waals surface area contributed by atoms with Crippen LogP contribution in [-0.4, -0.2) is 13.0 Å². The number of amides is 1. The molecule has 1 aliphatic carbocycles. The van der Waals surface area contributed by atoms with E-state index in [1.807, 2.05) is 26.0 Å². The highest BCUT2D eigenvalue weighted by atomic mass is 16.5. The van der Waals surface area contributed by atoms with Crippen molar-refractivity contribution in [1.29, 1.82) is 0 Å². The Morgan fingerprint density at radius 3 is 2.08 bits per heavy atom. The van der Waals surface area contributed by atoms with Gasteiger partial charge < -0.3 is 10.1 Å². The number of rotatable bonds is 4. The lowest BCUT2D eigenvalue weighted by Gasteiger charge is -2.36. The standard InChI is InChI=1S/C23H29NO2/c1-16-8-10-19(11-9-16)23(12-6-5-7-13-23)22(25)24-20-14-17(2)21(26-4)18(3)15-20/h8-11,14-15H,5-7,12-13H2,1-4H3,(H,24,25). The van der Waals surface area contributed by atoms with E-state index >= 15 is 0 Å². The summed E-state index contributed by atoms with van der Waals surface area (Å²) in [7, 11) is 1.68. The first-order valence-corrected chi connectivity index (χ1v) is 9.50. The van der Waals surface area contributed by atoms with Gasteiger partial charge in [-0.05, 0) is 62.4 Å². The Kier molecular flexibility index (Phi) is 5.36. The Morgan fingerprint density at radius 1 is 0.962 bits per heavy atom. The molecule has 0 spiro atoms. The van der Waals surface area contributed by atoms with E-state index in [0.717, 1.165) is 53.8 Å². The SMILES string of the molecule is COc1c(C)cc(NC(=O)C2(c3ccc(C)cc3)CCCCC2)cc1C. The predicted octanol–water partition coefficient (Wildman–Crippen LogP) is 5.46. The maximum atomic E-state index is 13.4. The van der Waals surface area contributed by atoms with Gasteiger partial charge in [0.25, 0.3) is 0 Å². The highest BCUT2D eigenvalue weighted by molar-refractivity contribution is 5.99. The molecule has 3 rings (SSSR count). The van der Waals surface area contributed by atoms with Gasteiger partial charge in [-0.1, -0.05) is 49.1 Å². The molecule has 0 heterocycles. The maximum absolute atomic E-state index is 13.4. The first-order valence-electron chi connectivity index (χ1n) is 9.50. The van der Waals surface area contributed by atoms with Gasteiger partial charge in [-0.25, -0.2) is 0 Å². The molecule has 3 heteroatoms. The minimum absolute atomic E-state index is 0.116. The summed E-state index contributed by atoms with van der Waals surface area (Å²) in [6.07, 6.45) is 5.23. The van der Waals surface area contributed by atoms with Crippen molar-refractivity contribution in [2.75, 3.05) is 12.4 Å². The molecular formula is C23H29NO2. The van der Waals surface area contributed by atoms with Crippen LogP contribution >= 0.6 is 0 Å². The molecule has 0 aromatic heterocycles. The minimum atomic E-state index is -0.423. The van der Waals surface area contributed by atoms with E-state index in [1.54, 1.807) is 7.11 Å². The van der Waals surface area contributed by atoms with Crippen molar-refractivity contribution in [3.63, 3.8) is 0 Å². The molecule has 26 heavy (non-hydrogen) atoms. The van der Waals surface area contributed by atoms with Crippen LogP contribution in [0.25, 0.3) is 0 Å². The third-order valence-electron chi connectivity index (χ3n) is 5.67. The first kappa shape index (κ1) is 18.5. The van der Waals surface area contributed by atoms with Gasteiger partial charge in [-0.2, -0.15) is 0 Å². The number of hydrogen-bond donors (Lipinski definition) is 1. The average molecular weight is 351 g/mol. The van der Waals surface area contributed by atoms with Crippen LogP contribution in [0.3, 0.4) is 0 Å². The molecule has 1 saturated carbocycles. The van der Waals surface area contributed by atoms with Crippen molar-refractivity contribution in [2.45, 2.75) is 58.3 Å². The van der Waals surface area contributed by atoms with Crippen LogP contribution in [0.1, 0.15) is 54.4 Å². The van der Waals surface area contributed by atoms with Gasteiger partial charge >= 0.3 is 0 Å². The van der Waals surface area contributed by atoms with Crippen LogP contribution in [0.5, 0.6) is 5.75 Å². The highest BCUT2D eigenvalue weighted by Gasteiger charge is 2.41. The molecule has 0 aliphatic heterocycles. The second-order valence-corrected chi connectivity index (χ2v) is 7.61. The van der Waals surface area contributed by atoms with Gasteiger partial charge in [-0.15, -0.1) is 0 Å². The third kappa shape index (κ3) is 3.48. The van der Waals surface area contributed by atoms with E-state index in [4.69, 9.17) is 4.74 Å². The Morgan fingerprint density at radius 2 is 1.54 bits per heavy atom. The lowest BCUT2D eigenvalue weighted by Crippen LogP contribution is -2.42. The fraction of sp³-hybridized carbons (Fsp3) is 0.435. The van der Waals surface area contributed by atoms with Crippen molar-refractivity contribution < 1.29 is 9.53 Å². The maximum Gasteiger partial charge on any atom is 0.235 e. The topological polar surface area (TPSA) is 38.3 Å². The van der Waals surface area contributed by atoms with Gasteiger partial charge in [0.2, 0.25) is 5.91 Å². The number of anilines is 1. The van der Waals surface area contributed by atoms with Gasteiger partial charge in [-0.3, -0.25) is 4.79 Å². The third-order valence-corrected chi connectivity index (χ3v) is 5.67. The smallest absolute Gasteiger partial charge is 0.235 e. The van der Waals surface area contributed by atoms with Crippen molar-refractivity contribution in [3.05, 3.63) is 58.7 Å². The lowest BCUT2D eigenvalue weighted by molar-refractivity contribution is -0.122. The number of ether oxygens (including phenoxy) is 1. The van der Waals surface area contributed by atoms with Crippen molar-refractivity contribution >= 4 is 11.6 Å². The lowest BCUT2D eigenvalue weighted by atomic mass is 9.68. The predicted molar refractivity (Wildman–Crippen MR) is 107 cm³/mol. The summed E-state index contributed by atoms with van der Waals surface area (Å²) in [5.41, 5.74) is 4.87. The van der Waals surface area contributed by atoms with E-state index in [-0.39, 0.29) is 5.91 Å². The molecule has 3 nitrogen and oxygen atoms in total. The summed E-state index contributed by atoms with van der Waals surface area (Å²) in [4.78, 5) is 13.4. The Labute approximate surface area is 156 Å². The molecule has 1 aliphatic rings. The van der Waals surface area contributed by atoms with Crippen molar-refractivity contribution in [3.8, 4) is 5.75 Å². The van der Waals surface area contributed by atoms with Gasteiger partial charge in [0.15, 0.2) is 0 Å². The fourth-order valence-electron chi connectivity index (χ4n) is 4.27. The summed E-state index contributed by atoms with van der Waals surface area (Å²) in [6.45, 7) is 6.11. The number of nitrogens with one attached hydrogen (secondary N) is 1. The number of carbonyl (C=O) groups is 1. The van der Waals surface area contributed by atoms with Gasteiger partial charge in [0, 0.05) is 5.69 Å². The zero-order valence-corrected chi connectivity index (χ0v) is 16.3. The van der Waals surface area contributed by atoms with Crippen molar-refractivity contribution in [2.24, 2.45) is 0 Å².